The van der Waals surface area contributed by atoms with E-state index in [0.29, 0.717) is 11.3 Å². The summed E-state index contributed by atoms with van der Waals surface area (Å²) in [5, 5.41) is 0. The number of likely N-dealkylation sites (N-methyl/N-ethyl adjacent to an activating group) is 1. The van der Waals surface area contributed by atoms with E-state index in [1.807, 2.05) is 31.2 Å². The predicted octanol–water partition coefficient (Wildman–Crippen LogP) is 2.44. The second-order valence-corrected chi connectivity index (χ2v) is 5.75. The van der Waals surface area contributed by atoms with E-state index in [4.69, 9.17) is 4.74 Å². The highest BCUT2D eigenvalue weighted by molar-refractivity contribution is 5.97. The maximum absolute atomic E-state index is 12.8. The van der Waals surface area contributed by atoms with Crippen LogP contribution in [0.1, 0.15) is 23.0 Å². The highest BCUT2D eigenvalue weighted by atomic mass is 16.5. The minimum absolute atomic E-state index is 0.0305. The van der Waals surface area contributed by atoms with Gasteiger partial charge in [0.05, 0.1) is 7.11 Å². The molecule has 1 aromatic carbocycles. The molecule has 0 fully saturated rings. The number of imidazole rings is 1. The molecule has 0 unspecified atom stereocenters. The monoisotopic (exact) mass is 324 g/mol. The normalized spacial score (nSPS) is 12.1. The number of methoxy groups -OCH3 is 1. The molecule has 1 amide bonds. The fraction of sp³-hybridized carbons (Fsp3) is 0.278. The van der Waals surface area contributed by atoms with Gasteiger partial charge in [0.1, 0.15) is 5.75 Å². The molecule has 0 aliphatic carbocycles. The van der Waals surface area contributed by atoms with Crippen molar-refractivity contribution in [2.75, 3.05) is 14.2 Å². The smallest absolute Gasteiger partial charge is 0.276 e. The molecule has 124 valence electrons. The van der Waals surface area contributed by atoms with E-state index in [9.17, 15) is 4.79 Å². The Labute approximate surface area is 140 Å². The summed E-state index contributed by atoms with van der Waals surface area (Å²) in [5.74, 6) is 0.693. The first-order valence-electron chi connectivity index (χ1n) is 7.78. The zero-order valence-electron chi connectivity index (χ0n) is 14.0. The van der Waals surface area contributed by atoms with Crippen LogP contribution in [0.3, 0.4) is 0 Å². The average molecular weight is 324 g/mol. The Morgan fingerprint density at radius 2 is 1.88 bits per heavy atom. The molecule has 6 nitrogen and oxygen atoms in total. The van der Waals surface area contributed by atoms with Crippen molar-refractivity contribution in [1.29, 1.82) is 0 Å². The van der Waals surface area contributed by atoms with E-state index in [0.717, 1.165) is 17.7 Å². The van der Waals surface area contributed by atoms with Crippen LogP contribution in [0.15, 0.2) is 49.1 Å². The molecule has 0 saturated heterocycles. The lowest BCUT2D eigenvalue weighted by molar-refractivity contribution is 0.0739. The molecule has 0 N–H and O–H groups in total. The minimum Gasteiger partial charge on any atom is -0.497 e. The summed E-state index contributed by atoms with van der Waals surface area (Å²) in [4.78, 5) is 22.9. The summed E-state index contributed by atoms with van der Waals surface area (Å²) in [6, 6.07) is 7.92. The number of amides is 1. The summed E-state index contributed by atoms with van der Waals surface area (Å²) in [6.45, 7) is 2.02. The van der Waals surface area contributed by atoms with Gasteiger partial charge < -0.3 is 14.0 Å². The molecule has 0 radical (unpaired) electrons. The number of carbonyl (C=O) groups excluding carboxylic acids is 1. The van der Waals surface area contributed by atoms with Crippen LogP contribution in [0.2, 0.25) is 0 Å². The van der Waals surface area contributed by atoms with Crippen molar-refractivity contribution >= 4 is 11.6 Å². The largest absolute Gasteiger partial charge is 0.497 e. The van der Waals surface area contributed by atoms with Gasteiger partial charge in [-0.05, 0) is 31.0 Å². The Morgan fingerprint density at radius 1 is 1.21 bits per heavy atom. The van der Waals surface area contributed by atoms with Crippen LogP contribution >= 0.6 is 0 Å². The molecule has 6 heteroatoms. The number of nitrogens with zero attached hydrogens (tertiary/aromatic N) is 4. The lowest BCUT2D eigenvalue weighted by Crippen LogP contribution is -2.37. The molecular formula is C18H20N4O2. The van der Waals surface area contributed by atoms with Crippen LogP contribution in [-0.4, -0.2) is 45.4 Å². The van der Waals surface area contributed by atoms with Gasteiger partial charge in [0.2, 0.25) is 0 Å². The van der Waals surface area contributed by atoms with Gasteiger partial charge in [-0.15, -0.1) is 0 Å². The van der Waals surface area contributed by atoms with Crippen LogP contribution in [0.25, 0.3) is 5.65 Å². The van der Waals surface area contributed by atoms with Crippen LogP contribution in [0.5, 0.6) is 5.75 Å². The highest BCUT2D eigenvalue weighted by Gasteiger charge is 2.21. The molecule has 2 aromatic heterocycles. The van der Waals surface area contributed by atoms with E-state index in [2.05, 4.69) is 9.97 Å². The molecule has 0 saturated carbocycles. The number of hydrogen-bond acceptors (Lipinski definition) is 4. The standard InChI is InChI=1S/C18H20N4O2/c1-13(12-14-4-6-15(24-3)7-5-14)21(2)18(23)16-17-20-9-11-22(17)10-8-19-16/h4-11,13H,12H2,1-3H3/t13-/m0/s1. The van der Waals surface area contributed by atoms with Crippen LogP contribution in [-0.2, 0) is 6.42 Å². The van der Waals surface area contributed by atoms with Gasteiger partial charge >= 0.3 is 0 Å². The number of hydrogen-bond donors (Lipinski definition) is 0. The quantitative estimate of drug-likeness (QED) is 0.723. The summed E-state index contributed by atoms with van der Waals surface area (Å²) in [7, 11) is 3.44. The average Bonchev–Trinajstić information content (AvgIpc) is 3.09. The molecule has 24 heavy (non-hydrogen) atoms. The van der Waals surface area contributed by atoms with Crippen molar-refractivity contribution in [2.45, 2.75) is 19.4 Å². The number of rotatable bonds is 5. The van der Waals surface area contributed by atoms with Gasteiger partial charge in [0.15, 0.2) is 11.3 Å². The third kappa shape index (κ3) is 3.08. The minimum atomic E-state index is -0.132. The first kappa shape index (κ1) is 16.0. The van der Waals surface area contributed by atoms with Crippen molar-refractivity contribution < 1.29 is 9.53 Å². The van der Waals surface area contributed by atoms with E-state index in [1.165, 1.54) is 0 Å². The second kappa shape index (κ2) is 6.70. The number of carbonyl (C=O) groups is 1. The predicted molar refractivity (Wildman–Crippen MR) is 91.2 cm³/mol. The Balaban J connectivity index is 1.75. The number of benzene rings is 1. The topological polar surface area (TPSA) is 59.7 Å². The lowest BCUT2D eigenvalue weighted by Gasteiger charge is -2.25. The molecule has 0 spiro atoms. The Kier molecular flexibility index (Phi) is 4.46. The van der Waals surface area contributed by atoms with Gasteiger partial charge in [-0.25, -0.2) is 9.97 Å². The Bertz CT molecular complexity index is 842. The van der Waals surface area contributed by atoms with Crippen molar-refractivity contribution in [1.82, 2.24) is 19.3 Å². The summed E-state index contributed by atoms with van der Waals surface area (Å²) < 4.78 is 6.96. The Morgan fingerprint density at radius 3 is 2.54 bits per heavy atom. The molecule has 2 heterocycles. The lowest BCUT2D eigenvalue weighted by atomic mass is 10.1. The molecule has 0 aliphatic rings. The molecule has 3 rings (SSSR count). The fourth-order valence-electron chi connectivity index (χ4n) is 2.61. The number of fused-ring (bicyclic) bond motifs is 1. The summed E-state index contributed by atoms with van der Waals surface area (Å²) in [6.07, 6.45) is 7.61. The van der Waals surface area contributed by atoms with Gasteiger partial charge in [-0.1, -0.05) is 12.1 Å². The number of aromatic nitrogens is 3. The second-order valence-electron chi connectivity index (χ2n) is 5.75. The summed E-state index contributed by atoms with van der Waals surface area (Å²) >= 11 is 0. The van der Waals surface area contributed by atoms with E-state index in [-0.39, 0.29) is 11.9 Å². The van der Waals surface area contributed by atoms with Gasteiger partial charge in [0.25, 0.3) is 5.91 Å². The molecular weight excluding hydrogens is 304 g/mol. The third-order valence-corrected chi connectivity index (χ3v) is 4.19. The van der Waals surface area contributed by atoms with Crippen molar-refractivity contribution in [2.24, 2.45) is 0 Å². The van der Waals surface area contributed by atoms with Crippen LogP contribution in [0, 0.1) is 0 Å². The van der Waals surface area contributed by atoms with Crippen molar-refractivity contribution in [3.63, 3.8) is 0 Å². The van der Waals surface area contributed by atoms with E-state index in [1.54, 1.807) is 48.2 Å². The van der Waals surface area contributed by atoms with Gasteiger partial charge in [-0.3, -0.25) is 4.79 Å². The number of ether oxygens (including phenoxy) is 1. The van der Waals surface area contributed by atoms with Crippen LogP contribution in [0.4, 0.5) is 0 Å². The van der Waals surface area contributed by atoms with E-state index >= 15 is 0 Å². The molecule has 0 aliphatic heterocycles. The van der Waals surface area contributed by atoms with Crippen molar-refractivity contribution in [3.05, 3.63) is 60.3 Å². The molecule has 3 aromatic rings. The van der Waals surface area contributed by atoms with Crippen molar-refractivity contribution in [3.8, 4) is 5.75 Å². The first-order valence-corrected chi connectivity index (χ1v) is 7.78. The zero-order valence-corrected chi connectivity index (χ0v) is 14.0. The molecule has 1 atom stereocenters. The summed E-state index contributed by atoms with van der Waals surface area (Å²) in [5.41, 5.74) is 2.09. The maximum Gasteiger partial charge on any atom is 0.276 e. The zero-order chi connectivity index (χ0) is 17.1. The van der Waals surface area contributed by atoms with Gasteiger partial charge in [0, 0.05) is 37.9 Å². The SMILES string of the molecule is COc1ccc(C[C@H](C)N(C)C(=O)c2nccn3ccnc23)cc1. The van der Waals surface area contributed by atoms with Crippen LogP contribution < -0.4 is 4.74 Å². The van der Waals surface area contributed by atoms with E-state index < -0.39 is 0 Å². The highest BCUT2D eigenvalue weighted by Crippen LogP contribution is 2.16. The maximum atomic E-state index is 12.8. The molecule has 0 bridgehead atoms. The third-order valence-electron chi connectivity index (χ3n) is 4.19. The first-order chi connectivity index (χ1) is 11.6. The van der Waals surface area contributed by atoms with Gasteiger partial charge in [-0.2, -0.15) is 0 Å². The fourth-order valence-corrected chi connectivity index (χ4v) is 2.61. The Hall–Kier alpha value is -2.89.